The van der Waals surface area contributed by atoms with Crippen LogP contribution in [0.25, 0.3) is 33.7 Å². The van der Waals surface area contributed by atoms with Crippen molar-refractivity contribution in [3.8, 4) is 11.6 Å². The van der Waals surface area contributed by atoms with E-state index in [0.717, 1.165) is 33.7 Å². The van der Waals surface area contributed by atoms with Crippen molar-refractivity contribution < 1.29 is 27.2 Å². The Bertz CT molecular complexity index is 1280. The van der Waals surface area contributed by atoms with Crippen LogP contribution in [0.2, 0.25) is 0 Å². The summed E-state index contributed by atoms with van der Waals surface area (Å²) in [4.78, 5) is 30.2. The van der Waals surface area contributed by atoms with Crippen molar-refractivity contribution in [3.05, 3.63) is 110 Å². The van der Waals surface area contributed by atoms with Crippen molar-refractivity contribution in [2.75, 3.05) is 0 Å². The number of pyridine rings is 3. The molecule has 0 N–H and O–H groups in total. The van der Waals surface area contributed by atoms with Crippen LogP contribution in [0.1, 0.15) is 0 Å². The van der Waals surface area contributed by atoms with Crippen LogP contribution in [-0.2, 0) is 17.1 Å². The van der Waals surface area contributed by atoms with Gasteiger partial charge in [-0.25, -0.2) is 15.0 Å². The maximum Gasteiger partial charge on any atom is 2.00 e. The number of hydrogen-bond acceptors (Lipinski definition) is 9. The topological polar surface area (TPSA) is 181 Å². The largest absolute Gasteiger partial charge is 2.00 e. The number of fused-ring (bicyclic) bond motifs is 2. The molecule has 5 rings (SSSR count). The van der Waals surface area contributed by atoms with Gasteiger partial charge in [-0.15, -0.1) is 0 Å². The summed E-state index contributed by atoms with van der Waals surface area (Å²) in [7, 11) is 0. The molecule has 0 aromatic carbocycles. The fourth-order valence-corrected chi connectivity index (χ4v) is 2.98. The van der Waals surface area contributed by atoms with Crippen LogP contribution in [0.5, 0.6) is 0 Å². The second kappa shape index (κ2) is 11.2. The van der Waals surface area contributed by atoms with Crippen molar-refractivity contribution in [3.63, 3.8) is 0 Å². The molecule has 33 heavy (non-hydrogen) atoms. The van der Waals surface area contributed by atoms with Crippen LogP contribution in [0.15, 0.2) is 79.4 Å². The second-order valence-corrected chi connectivity index (χ2v) is 6.01. The summed E-state index contributed by atoms with van der Waals surface area (Å²) in [5, 5.41) is 31.7. The molecule has 5 aromatic heterocycles. The summed E-state index contributed by atoms with van der Waals surface area (Å²) in [5.74, 6) is 1.66. The van der Waals surface area contributed by atoms with Gasteiger partial charge in [-0.3, -0.25) is 9.13 Å². The molecule has 5 heterocycles. The molecule has 0 saturated heterocycles. The Morgan fingerprint density at radius 1 is 0.636 bits per heavy atom. The van der Waals surface area contributed by atoms with Crippen molar-refractivity contribution in [2.45, 2.75) is 0 Å². The van der Waals surface area contributed by atoms with Crippen molar-refractivity contribution in [1.29, 1.82) is 0 Å². The first-order valence-corrected chi connectivity index (χ1v) is 8.82. The minimum absolute atomic E-state index is 0. The van der Waals surface area contributed by atoms with Crippen molar-refractivity contribution in [1.82, 2.24) is 24.1 Å². The van der Waals surface area contributed by atoms with Gasteiger partial charge < -0.3 is 30.6 Å². The predicted molar refractivity (Wildman–Crippen MR) is 114 cm³/mol. The maximum absolute atomic E-state index is 8.25. The van der Waals surface area contributed by atoms with E-state index in [1.54, 1.807) is 12.4 Å². The molecular weight excluding hydrogens is 486 g/mol. The standard InChI is InChI=1S/C19H13N5.Cu.2NO3/c1-6-16(23-12-8-14-4-2-10-20-18(14)23)22-17(7-1)24-13-9-15-5-3-11-21-19(15)24;;2*2-1(3)4/h1-13H;;;/q;+2;2*-1. The summed E-state index contributed by atoms with van der Waals surface area (Å²) in [6, 6.07) is 18.0. The first-order valence-electron chi connectivity index (χ1n) is 8.82. The minimum Gasteiger partial charge on any atom is -0.356 e. The summed E-state index contributed by atoms with van der Waals surface area (Å²) in [6.07, 6.45) is 7.59. The third kappa shape index (κ3) is 6.22. The first-order chi connectivity index (χ1) is 15.4. The molecule has 0 aliphatic rings. The van der Waals surface area contributed by atoms with Crippen LogP contribution in [0.4, 0.5) is 0 Å². The predicted octanol–water partition coefficient (Wildman–Crippen LogP) is 3.28. The Balaban J connectivity index is 0.000000376. The second-order valence-electron chi connectivity index (χ2n) is 6.01. The van der Waals surface area contributed by atoms with Crippen LogP contribution < -0.4 is 0 Å². The van der Waals surface area contributed by atoms with Gasteiger partial charge in [0.1, 0.15) is 22.9 Å². The number of aromatic nitrogens is 5. The smallest absolute Gasteiger partial charge is 0.356 e. The SMILES string of the molecule is O=[N+]([O-])[O-].O=[N+]([O-])[O-].[Cu+2].c1cc(-n2ccc3cccnc32)nc(-n2ccc3cccnc32)c1. The molecule has 0 unspecified atom stereocenters. The maximum atomic E-state index is 8.25. The summed E-state index contributed by atoms with van der Waals surface area (Å²) in [5.41, 5.74) is 1.80. The zero-order valence-corrected chi connectivity index (χ0v) is 17.3. The van der Waals surface area contributed by atoms with E-state index in [2.05, 4.69) is 9.97 Å². The molecule has 0 saturated carbocycles. The normalized spacial score (nSPS) is 9.70. The van der Waals surface area contributed by atoms with Gasteiger partial charge in [-0.05, 0) is 48.5 Å². The van der Waals surface area contributed by atoms with E-state index in [1.807, 2.05) is 76.1 Å². The van der Waals surface area contributed by atoms with Gasteiger partial charge in [-0.1, -0.05) is 6.07 Å². The quantitative estimate of drug-likeness (QED) is 0.200. The molecular formula is C19H13CuN7O6. The van der Waals surface area contributed by atoms with E-state index in [9.17, 15) is 0 Å². The number of rotatable bonds is 2. The third-order valence-electron chi connectivity index (χ3n) is 4.11. The molecule has 1 radical (unpaired) electrons. The van der Waals surface area contributed by atoms with Crippen LogP contribution >= 0.6 is 0 Å². The van der Waals surface area contributed by atoms with Crippen molar-refractivity contribution in [2.24, 2.45) is 0 Å². The number of nitrogens with zero attached hydrogens (tertiary/aromatic N) is 7. The molecule has 0 atom stereocenters. The molecule has 171 valence electrons. The summed E-state index contributed by atoms with van der Waals surface area (Å²) in [6.45, 7) is 0. The van der Waals surface area contributed by atoms with Gasteiger partial charge in [0.15, 0.2) is 0 Å². The van der Waals surface area contributed by atoms with Crippen molar-refractivity contribution >= 4 is 22.1 Å². The van der Waals surface area contributed by atoms with Gasteiger partial charge in [0.25, 0.3) is 0 Å². The molecule has 0 aliphatic carbocycles. The van der Waals surface area contributed by atoms with Gasteiger partial charge in [0.2, 0.25) is 0 Å². The zero-order chi connectivity index (χ0) is 23.1. The van der Waals surface area contributed by atoms with E-state index < -0.39 is 10.2 Å². The Labute approximate surface area is 195 Å². The summed E-state index contributed by atoms with van der Waals surface area (Å²) < 4.78 is 4.00. The fourth-order valence-electron chi connectivity index (χ4n) is 2.98. The Kier molecular flexibility index (Phi) is 8.37. The van der Waals surface area contributed by atoms with E-state index in [-0.39, 0.29) is 17.1 Å². The van der Waals surface area contributed by atoms with Crippen LogP contribution in [-0.4, -0.2) is 34.3 Å². The first kappa shape index (κ1) is 24.7. The Morgan fingerprint density at radius 2 is 1.03 bits per heavy atom. The number of hydrogen-bond donors (Lipinski definition) is 0. The third-order valence-corrected chi connectivity index (χ3v) is 4.11. The fraction of sp³-hybridized carbons (Fsp3) is 0. The molecule has 0 amide bonds. The average Bonchev–Trinajstić information content (AvgIpc) is 3.38. The van der Waals surface area contributed by atoms with Gasteiger partial charge in [-0.2, -0.15) is 0 Å². The van der Waals surface area contributed by atoms with Crippen LogP contribution in [0.3, 0.4) is 0 Å². The molecule has 0 aliphatic heterocycles. The van der Waals surface area contributed by atoms with E-state index in [1.165, 1.54) is 0 Å². The Morgan fingerprint density at radius 3 is 1.42 bits per heavy atom. The zero-order valence-electron chi connectivity index (χ0n) is 16.4. The molecule has 5 aromatic rings. The molecule has 0 spiro atoms. The Hall–Kier alpha value is -4.55. The van der Waals surface area contributed by atoms with Gasteiger partial charge in [0, 0.05) is 35.6 Å². The van der Waals surface area contributed by atoms with E-state index in [4.69, 9.17) is 35.6 Å². The molecule has 13 nitrogen and oxygen atoms in total. The van der Waals surface area contributed by atoms with E-state index in [0.29, 0.717) is 0 Å². The molecule has 14 heteroatoms. The van der Waals surface area contributed by atoms with Crippen LogP contribution in [0, 0.1) is 30.6 Å². The molecule has 0 fully saturated rings. The summed E-state index contributed by atoms with van der Waals surface area (Å²) >= 11 is 0. The minimum atomic E-state index is -1.75. The van der Waals surface area contributed by atoms with Gasteiger partial charge in [0.05, 0.1) is 10.2 Å². The van der Waals surface area contributed by atoms with Gasteiger partial charge >= 0.3 is 17.1 Å². The monoisotopic (exact) mass is 498 g/mol. The molecule has 0 bridgehead atoms. The van der Waals surface area contributed by atoms with E-state index >= 15 is 0 Å². The average molecular weight is 499 g/mol.